The van der Waals surface area contributed by atoms with Gasteiger partial charge in [0.25, 0.3) is 5.91 Å². The van der Waals surface area contributed by atoms with Gasteiger partial charge in [0.2, 0.25) is 0 Å². The van der Waals surface area contributed by atoms with Gasteiger partial charge in [-0.25, -0.2) is 4.79 Å². The maximum atomic E-state index is 12.5. The van der Waals surface area contributed by atoms with E-state index in [1.807, 2.05) is 26.8 Å². The van der Waals surface area contributed by atoms with Crippen molar-refractivity contribution in [3.63, 3.8) is 0 Å². The van der Waals surface area contributed by atoms with Crippen molar-refractivity contribution in [3.05, 3.63) is 21.9 Å². The van der Waals surface area contributed by atoms with Crippen molar-refractivity contribution in [2.24, 2.45) is 11.7 Å². The lowest BCUT2D eigenvalue weighted by atomic mass is 9.93. The summed E-state index contributed by atoms with van der Waals surface area (Å²) in [6.45, 7) is 8.40. The lowest BCUT2D eigenvalue weighted by molar-refractivity contribution is 0.00411. The maximum Gasteiger partial charge on any atom is 0.410 e. The Morgan fingerprint density at radius 2 is 2.00 bits per heavy atom. The van der Waals surface area contributed by atoms with Crippen molar-refractivity contribution < 1.29 is 14.3 Å². The lowest BCUT2D eigenvalue weighted by Crippen LogP contribution is -2.44. The third-order valence-corrected chi connectivity index (χ3v) is 4.84. The molecule has 1 saturated heterocycles. The van der Waals surface area contributed by atoms with Crippen LogP contribution in [0, 0.1) is 5.92 Å². The molecule has 2 heterocycles. The minimum absolute atomic E-state index is 0.0378. The maximum absolute atomic E-state index is 12.5. The molecule has 0 radical (unpaired) electrons. The number of ether oxygens (including phenoxy) is 1. The van der Waals surface area contributed by atoms with Crippen LogP contribution in [0.3, 0.4) is 0 Å². The smallest absolute Gasteiger partial charge is 0.410 e. The van der Waals surface area contributed by atoms with Crippen LogP contribution in [0.4, 0.5) is 4.79 Å². The summed E-state index contributed by atoms with van der Waals surface area (Å²) in [5, 5.41) is 0. The average molecular weight is 324 g/mol. The molecule has 1 aromatic heterocycles. The van der Waals surface area contributed by atoms with E-state index in [1.54, 1.807) is 11.0 Å². The van der Waals surface area contributed by atoms with E-state index in [0.717, 1.165) is 17.7 Å². The molecule has 0 aliphatic carbocycles. The van der Waals surface area contributed by atoms with Crippen molar-refractivity contribution in [2.75, 3.05) is 6.54 Å². The predicted octanol–water partition coefficient (Wildman–Crippen LogP) is 3.56. The van der Waals surface area contributed by atoms with E-state index < -0.39 is 11.5 Å². The summed E-state index contributed by atoms with van der Waals surface area (Å²) >= 11 is 1.36. The molecule has 0 bridgehead atoms. The highest BCUT2D eigenvalue weighted by molar-refractivity contribution is 7.14. The van der Waals surface area contributed by atoms with Crippen molar-refractivity contribution in [2.45, 2.75) is 52.2 Å². The van der Waals surface area contributed by atoms with E-state index in [2.05, 4.69) is 6.92 Å². The first-order valence-corrected chi connectivity index (χ1v) is 8.38. The Hall–Kier alpha value is -1.56. The number of hydrogen-bond donors (Lipinski definition) is 1. The number of rotatable bonds is 2. The fraction of sp³-hybridized carbons (Fsp3) is 0.625. The molecule has 1 aliphatic heterocycles. The first kappa shape index (κ1) is 16.8. The summed E-state index contributed by atoms with van der Waals surface area (Å²) in [5.74, 6) is 0.0172. The van der Waals surface area contributed by atoms with E-state index >= 15 is 0 Å². The fourth-order valence-electron chi connectivity index (χ4n) is 2.64. The third-order valence-electron chi connectivity index (χ3n) is 3.64. The molecule has 2 rings (SSSR count). The highest BCUT2D eigenvalue weighted by Crippen LogP contribution is 2.37. The zero-order valence-corrected chi connectivity index (χ0v) is 14.4. The number of carbonyl (C=O) groups is 2. The molecule has 5 nitrogen and oxygen atoms in total. The predicted molar refractivity (Wildman–Crippen MR) is 86.9 cm³/mol. The summed E-state index contributed by atoms with van der Waals surface area (Å²) < 4.78 is 5.53. The molecule has 0 unspecified atom stereocenters. The molecule has 2 atom stereocenters. The van der Waals surface area contributed by atoms with Crippen molar-refractivity contribution in [3.8, 4) is 0 Å². The Balaban J connectivity index is 2.22. The van der Waals surface area contributed by atoms with Crippen molar-refractivity contribution in [1.82, 2.24) is 4.90 Å². The molecule has 6 heteroatoms. The summed E-state index contributed by atoms with van der Waals surface area (Å²) in [7, 11) is 0. The van der Waals surface area contributed by atoms with Crippen LogP contribution < -0.4 is 5.73 Å². The molecule has 122 valence electrons. The minimum atomic E-state index is -0.518. The molecular formula is C16H24N2O3S. The van der Waals surface area contributed by atoms with Crippen LogP contribution in [-0.4, -0.2) is 29.0 Å². The van der Waals surface area contributed by atoms with Gasteiger partial charge in [-0.05, 0) is 51.7 Å². The largest absolute Gasteiger partial charge is 0.444 e. The molecule has 0 aromatic carbocycles. The van der Waals surface area contributed by atoms with Crippen LogP contribution in [0.25, 0.3) is 0 Å². The van der Waals surface area contributed by atoms with Gasteiger partial charge >= 0.3 is 6.09 Å². The van der Waals surface area contributed by atoms with Gasteiger partial charge in [-0.3, -0.25) is 4.79 Å². The van der Waals surface area contributed by atoms with Gasteiger partial charge in [-0.2, -0.15) is 0 Å². The van der Waals surface area contributed by atoms with Crippen LogP contribution in [0.1, 0.15) is 61.1 Å². The molecule has 0 saturated carbocycles. The number of piperidine rings is 1. The van der Waals surface area contributed by atoms with Gasteiger partial charge in [0.1, 0.15) is 5.60 Å². The van der Waals surface area contributed by atoms with E-state index in [0.29, 0.717) is 17.3 Å². The molecule has 2 amide bonds. The number of thiophene rings is 1. The van der Waals surface area contributed by atoms with Crippen LogP contribution in [0.15, 0.2) is 12.1 Å². The fourth-order valence-corrected chi connectivity index (χ4v) is 3.64. The zero-order chi connectivity index (χ0) is 16.5. The third kappa shape index (κ3) is 4.00. The number of nitrogens with two attached hydrogens (primary N) is 1. The minimum Gasteiger partial charge on any atom is -0.444 e. The van der Waals surface area contributed by atoms with E-state index in [1.165, 1.54) is 11.3 Å². The highest BCUT2D eigenvalue weighted by Gasteiger charge is 2.34. The average Bonchev–Trinajstić information content (AvgIpc) is 2.86. The number of hydrogen-bond acceptors (Lipinski definition) is 4. The number of primary amides is 1. The lowest BCUT2D eigenvalue weighted by Gasteiger charge is -2.38. The van der Waals surface area contributed by atoms with Crippen LogP contribution >= 0.6 is 11.3 Å². The SMILES string of the molecule is C[C@H]1CC[C@H](c2ccc(C(N)=O)s2)N(C(=O)OC(C)(C)C)C1. The Kier molecular flexibility index (Phi) is 4.80. The molecule has 2 N–H and O–H groups in total. The van der Waals surface area contributed by atoms with E-state index in [4.69, 9.17) is 10.5 Å². The summed E-state index contributed by atoms with van der Waals surface area (Å²) in [6.07, 6.45) is 1.63. The van der Waals surface area contributed by atoms with Crippen LogP contribution in [-0.2, 0) is 4.74 Å². The molecule has 1 aliphatic rings. The first-order chi connectivity index (χ1) is 10.2. The summed E-state index contributed by atoms with van der Waals surface area (Å²) in [6, 6.07) is 3.58. The summed E-state index contributed by atoms with van der Waals surface area (Å²) in [5.41, 5.74) is 4.80. The number of amides is 2. The normalized spacial score (nSPS) is 22.5. The summed E-state index contributed by atoms with van der Waals surface area (Å²) in [4.78, 5) is 27.1. The van der Waals surface area contributed by atoms with Gasteiger partial charge in [0, 0.05) is 11.4 Å². The highest BCUT2D eigenvalue weighted by atomic mass is 32.1. The van der Waals surface area contributed by atoms with Gasteiger partial charge in [0.15, 0.2) is 0 Å². The van der Waals surface area contributed by atoms with Crippen LogP contribution in [0.2, 0.25) is 0 Å². The second-order valence-corrected chi connectivity index (χ2v) is 8.01. The Bertz CT molecular complexity index is 562. The second-order valence-electron chi connectivity index (χ2n) is 6.90. The standard InChI is InChI=1S/C16H24N2O3S/c1-10-5-6-11(12-7-8-13(22-12)14(17)19)18(9-10)15(20)21-16(2,3)4/h7-8,10-11H,5-6,9H2,1-4H3,(H2,17,19)/t10-,11+/m0/s1. The molecular weight excluding hydrogens is 300 g/mol. The van der Waals surface area contributed by atoms with E-state index in [9.17, 15) is 9.59 Å². The van der Waals surface area contributed by atoms with E-state index in [-0.39, 0.29) is 12.1 Å². The molecule has 22 heavy (non-hydrogen) atoms. The van der Waals surface area contributed by atoms with Gasteiger partial charge in [-0.15, -0.1) is 11.3 Å². The number of likely N-dealkylation sites (tertiary alicyclic amines) is 1. The Morgan fingerprint density at radius 3 is 2.55 bits per heavy atom. The molecule has 0 spiro atoms. The van der Waals surface area contributed by atoms with Gasteiger partial charge < -0.3 is 15.4 Å². The topological polar surface area (TPSA) is 72.6 Å². The quantitative estimate of drug-likeness (QED) is 0.904. The monoisotopic (exact) mass is 324 g/mol. The number of nitrogens with zero attached hydrogens (tertiary/aromatic N) is 1. The van der Waals surface area contributed by atoms with Gasteiger partial charge in [-0.1, -0.05) is 6.92 Å². The number of carbonyl (C=O) groups excluding carboxylic acids is 2. The Labute approximate surface area is 135 Å². The Morgan fingerprint density at radius 1 is 1.32 bits per heavy atom. The van der Waals surface area contributed by atoms with Crippen molar-refractivity contribution in [1.29, 1.82) is 0 Å². The second kappa shape index (κ2) is 6.28. The zero-order valence-electron chi connectivity index (χ0n) is 13.6. The van der Waals surface area contributed by atoms with Crippen LogP contribution in [0.5, 0.6) is 0 Å². The molecule has 1 aromatic rings. The van der Waals surface area contributed by atoms with Crippen molar-refractivity contribution >= 4 is 23.3 Å². The van der Waals surface area contributed by atoms with Gasteiger partial charge in [0.05, 0.1) is 10.9 Å². The molecule has 1 fully saturated rings. The first-order valence-electron chi connectivity index (χ1n) is 7.56.